The largest absolute Gasteiger partial charge is 0.387 e. The summed E-state index contributed by atoms with van der Waals surface area (Å²) >= 11 is 1.97. The first-order valence-corrected chi connectivity index (χ1v) is 9.81. The van der Waals surface area contributed by atoms with Crippen molar-refractivity contribution in [2.45, 2.75) is 49.8 Å². The van der Waals surface area contributed by atoms with Gasteiger partial charge in [0.05, 0.1) is 0 Å². The number of nitrogens with one attached hydrogen (secondary N) is 2. The molecule has 1 unspecified atom stereocenters. The van der Waals surface area contributed by atoms with Gasteiger partial charge in [-0.2, -0.15) is 0 Å². The molecule has 23 heavy (non-hydrogen) atoms. The summed E-state index contributed by atoms with van der Waals surface area (Å²) in [4.78, 5) is 3.73. The number of benzene rings is 1. The van der Waals surface area contributed by atoms with E-state index in [-0.39, 0.29) is 0 Å². The van der Waals surface area contributed by atoms with E-state index in [1.807, 2.05) is 18.8 Å². The lowest BCUT2D eigenvalue weighted by Crippen LogP contribution is -2.31. The molecule has 1 fully saturated rings. The maximum absolute atomic E-state index is 3.69. The fourth-order valence-electron chi connectivity index (χ4n) is 3.17. The van der Waals surface area contributed by atoms with Crippen LogP contribution in [-0.2, 0) is 0 Å². The first kappa shape index (κ1) is 18.6. The van der Waals surface area contributed by atoms with Crippen molar-refractivity contribution in [2.24, 2.45) is 5.92 Å². The second kappa shape index (κ2) is 8.95. The number of rotatable bonds is 7. The molecule has 2 rings (SSSR count). The van der Waals surface area contributed by atoms with E-state index in [1.54, 1.807) is 0 Å². The highest BCUT2D eigenvalue weighted by Gasteiger charge is 2.20. The summed E-state index contributed by atoms with van der Waals surface area (Å²) in [6, 6.07) is 7.47. The third-order valence-electron chi connectivity index (χ3n) is 4.77. The highest BCUT2D eigenvalue weighted by atomic mass is 32.2. The summed E-state index contributed by atoms with van der Waals surface area (Å²) in [7, 11) is 4.22. The molecule has 4 heteroatoms. The van der Waals surface area contributed by atoms with Crippen molar-refractivity contribution < 1.29 is 0 Å². The lowest BCUT2D eigenvalue weighted by Gasteiger charge is -2.29. The van der Waals surface area contributed by atoms with Crippen LogP contribution < -0.4 is 10.6 Å². The summed E-state index contributed by atoms with van der Waals surface area (Å²) in [5.74, 6) is 0.807. The molecule has 130 valence electrons. The van der Waals surface area contributed by atoms with Crippen molar-refractivity contribution in [1.82, 2.24) is 10.2 Å². The van der Waals surface area contributed by atoms with Crippen LogP contribution in [-0.4, -0.2) is 43.9 Å². The number of anilines is 1. The fourth-order valence-corrected chi connectivity index (χ4v) is 4.36. The Morgan fingerprint density at radius 3 is 2.78 bits per heavy atom. The lowest BCUT2D eigenvalue weighted by atomic mass is 9.92. The Labute approximate surface area is 146 Å². The second-order valence-electron chi connectivity index (χ2n) is 6.93. The maximum atomic E-state index is 3.69. The third-order valence-corrected chi connectivity index (χ3v) is 5.93. The van der Waals surface area contributed by atoms with Crippen LogP contribution in [0.3, 0.4) is 0 Å². The number of thioether (sulfide) groups is 1. The van der Waals surface area contributed by atoms with Gasteiger partial charge < -0.3 is 15.5 Å². The topological polar surface area (TPSA) is 27.3 Å². The normalized spacial score (nSPS) is 23.0. The number of hydrogen-bond acceptors (Lipinski definition) is 4. The zero-order chi connectivity index (χ0) is 16.8. The molecule has 0 bridgehead atoms. The van der Waals surface area contributed by atoms with E-state index in [2.05, 4.69) is 61.6 Å². The van der Waals surface area contributed by atoms with E-state index in [0.717, 1.165) is 25.6 Å². The van der Waals surface area contributed by atoms with Crippen LogP contribution in [0.2, 0.25) is 0 Å². The number of hydrogen-bond donors (Lipinski definition) is 2. The molecule has 1 saturated heterocycles. The molecule has 0 saturated carbocycles. The van der Waals surface area contributed by atoms with E-state index in [4.69, 9.17) is 0 Å². The summed E-state index contributed by atoms with van der Waals surface area (Å²) < 4.78 is 0. The van der Waals surface area contributed by atoms with Gasteiger partial charge in [0.25, 0.3) is 0 Å². The van der Waals surface area contributed by atoms with Gasteiger partial charge in [-0.25, -0.2) is 0 Å². The molecule has 3 atom stereocenters. The molecule has 0 radical (unpaired) electrons. The van der Waals surface area contributed by atoms with Gasteiger partial charge in [0.1, 0.15) is 0 Å². The number of nitrogens with zero attached hydrogens (tertiary/aromatic N) is 1. The minimum absolute atomic E-state index is 0.515. The highest BCUT2D eigenvalue weighted by molar-refractivity contribution is 8.00. The van der Waals surface area contributed by atoms with Crippen molar-refractivity contribution in [3.05, 3.63) is 23.8 Å². The molecule has 1 aliphatic rings. The van der Waals surface area contributed by atoms with Crippen LogP contribution in [0.4, 0.5) is 5.69 Å². The van der Waals surface area contributed by atoms with Crippen LogP contribution in [0.5, 0.6) is 0 Å². The monoisotopic (exact) mass is 335 g/mol. The smallest absolute Gasteiger partial charge is 0.0479 e. The Hall–Kier alpha value is -0.710. The summed E-state index contributed by atoms with van der Waals surface area (Å²) in [6.07, 6.45) is 2.57. The quantitative estimate of drug-likeness (QED) is 0.730. The van der Waals surface area contributed by atoms with Gasteiger partial charge in [-0.15, -0.1) is 11.8 Å². The van der Waals surface area contributed by atoms with Gasteiger partial charge in [-0.05, 0) is 56.6 Å². The van der Waals surface area contributed by atoms with E-state index in [9.17, 15) is 0 Å². The van der Waals surface area contributed by atoms with Crippen LogP contribution in [0.1, 0.15) is 45.2 Å². The third kappa shape index (κ3) is 5.40. The molecule has 2 N–H and O–H groups in total. The van der Waals surface area contributed by atoms with Gasteiger partial charge in [-0.1, -0.05) is 26.8 Å². The first-order valence-electron chi connectivity index (χ1n) is 8.93. The van der Waals surface area contributed by atoms with Crippen molar-refractivity contribution >= 4 is 17.4 Å². The molecule has 0 amide bonds. The zero-order valence-corrected chi connectivity index (χ0v) is 16.2. The molecular formula is C19H33N3S. The van der Waals surface area contributed by atoms with Crippen LogP contribution >= 0.6 is 11.8 Å². The molecule has 1 heterocycles. The molecule has 0 spiro atoms. The SMILES string of the molecule is CCN(C)CC(C)Sc1ccc([C@H]2CC[C@H](C)CN2)cc1NC. The van der Waals surface area contributed by atoms with Crippen molar-refractivity contribution in [1.29, 1.82) is 0 Å². The summed E-state index contributed by atoms with van der Waals surface area (Å²) in [5.41, 5.74) is 2.68. The molecule has 0 aliphatic carbocycles. The molecule has 0 aromatic heterocycles. The molecule has 1 aliphatic heterocycles. The Balaban J connectivity index is 2.04. The Kier molecular flexibility index (Phi) is 7.25. The predicted molar refractivity (Wildman–Crippen MR) is 104 cm³/mol. The van der Waals surface area contributed by atoms with Crippen molar-refractivity contribution in [3.63, 3.8) is 0 Å². The van der Waals surface area contributed by atoms with Crippen molar-refractivity contribution in [2.75, 3.05) is 39.0 Å². The van der Waals surface area contributed by atoms with E-state index in [0.29, 0.717) is 11.3 Å². The Morgan fingerprint density at radius 1 is 1.39 bits per heavy atom. The Bertz CT molecular complexity index is 484. The van der Waals surface area contributed by atoms with Crippen LogP contribution in [0.25, 0.3) is 0 Å². The van der Waals surface area contributed by atoms with Gasteiger partial charge in [0, 0.05) is 35.5 Å². The molecule has 1 aromatic carbocycles. The first-order chi connectivity index (χ1) is 11.0. The van der Waals surface area contributed by atoms with E-state index in [1.165, 1.54) is 29.0 Å². The molecule has 3 nitrogen and oxygen atoms in total. The summed E-state index contributed by atoms with van der Waals surface area (Å²) in [6.45, 7) is 10.2. The van der Waals surface area contributed by atoms with Gasteiger partial charge in [0.15, 0.2) is 0 Å². The maximum Gasteiger partial charge on any atom is 0.0479 e. The average molecular weight is 336 g/mol. The second-order valence-corrected chi connectivity index (χ2v) is 8.41. The predicted octanol–water partition coefficient (Wildman–Crippen LogP) is 4.22. The Morgan fingerprint density at radius 2 is 2.17 bits per heavy atom. The fraction of sp³-hybridized carbons (Fsp3) is 0.684. The molecular weight excluding hydrogens is 302 g/mol. The average Bonchev–Trinajstić information content (AvgIpc) is 2.55. The van der Waals surface area contributed by atoms with Crippen molar-refractivity contribution in [3.8, 4) is 0 Å². The summed E-state index contributed by atoms with van der Waals surface area (Å²) in [5, 5.41) is 7.67. The van der Waals surface area contributed by atoms with Gasteiger partial charge >= 0.3 is 0 Å². The van der Waals surface area contributed by atoms with Gasteiger partial charge in [0.2, 0.25) is 0 Å². The van der Waals surface area contributed by atoms with Crippen LogP contribution in [0, 0.1) is 5.92 Å². The zero-order valence-electron chi connectivity index (χ0n) is 15.4. The van der Waals surface area contributed by atoms with Gasteiger partial charge in [-0.3, -0.25) is 0 Å². The van der Waals surface area contributed by atoms with E-state index < -0.39 is 0 Å². The van der Waals surface area contributed by atoms with E-state index >= 15 is 0 Å². The van der Waals surface area contributed by atoms with Crippen LogP contribution in [0.15, 0.2) is 23.1 Å². The minimum atomic E-state index is 0.515. The standard InChI is InChI=1S/C19H33N3S/c1-6-22(5)13-15(3)23-19-10-8-16(11-18(19)20-4)17-9-7-14(2)12-21-17/h8,10-11,14-15,17,20-21H,6-7,9,12-13H2,1-5H3/t14-,15?,17+/m0/s1. The molecule has 1 aromatic rings. The minimum Gasteiger partial charge on any atom is -0.387 e. The number of piperidine rings is 1. The highest BCUT2D eigenvalue weighted by Crippen LogP contribution is 2.34. The lowest BCUT2D eigenvalue weighted by molar-refractivity contribution is 0.333.